The first-order valence-corrected chi connectivity index (χ1v) is 11.5. The minimum atomic E-state index is -3.66. The Morgan fingerprint density at radius 1 is 1.21 bits per heavy atom. The molecule has 0 aliphatic carbocycles. The second-order valence-corrected chi connectivity index (χ2v) is 8.96. The highest BCUT2D eigenvalue weighted by Gasteiger charge is 2.29. The summed E-state index contributed by atoms with van der Waals surface area (Å²) < 4.78 is 34.9. The molecule has 2 aromatic rings. The summed E-state index contributed by atoms with van der Waals surface area (Å²) in [5.74, 6) is 0.601. The van der Waals surface area contributed by atoms with Gasteiger partial charge in [0.25, 0.3) is 0 Å². The highest BCUT2D eigenvalue weighted by atomic mass is 32.2. The summed E-state index contributed by atoms with van der Waals surface area (Å²) >= 11 is 0. The predicted molar refractivity (Wildman–Crippen MR) is 111 cm³/mol. The minimum Gasteiger partial charge on any atom is -0.494 e. The second kappa shape index (κ2) is 9.45. The Hall–Kier alpha value is -2.32. The zero-order chi connectivity index (χ0) is 20.9. The maximum atomic E-state index is 12.8. The summed E-state index contributed by atoms with van der Waals surface area (Å²) in [4.78, 5) is 14.9. The summed E-state index contributed by atoms with van der Waals surface area (Å²) in [6.07, 6.45) is 5.12. The van der Waals surface area contributed by atoms with Crippen molar-refractivity contribution in [1.82, 2.24) is 14.2 Å². The van der Waals surface area contributed by atoms with Crippen molar-refractivity contribution in [2.24, 2.45) is 7.05 Å². The topological polar surface area (TPSA) is 80.6 Å². The van der Waals surface area contributed by atoms with Crippen molar-refractivity contribution >= 4 is 15.9 Å². The Kier molecular flexibility index (Phi) is 6.97. The molecule has 158 valence electrons. The Morgan fingerprint density at radius 2 is 1.97 bits per heavy atom. The number of aryl methyl sites for hydroxylation is 1. The number of amides is 1. The van der Waals surface area contributed by atoms with Crippen LogP contribution in [0.25, 0.3) is 0 Å². The van der Waals surface area contributed by atoms with Crippen LogP contribution in [0.3, 0.4) is 0 Å². The third-order valence-electron chi connectivity index (χ3n) is 5.22. The Bertz CT molecular complexity index is 922. The number of piperidine rings is 1. The van der Waals surface area contributed by atoms with Crippen LogP contribution in [0, 0.1) is 0 Å². The average Bonchev–Trinajstić information content (AvgIpc) is 3.14. The zero-order valence-electron chi connectivity index (χ0n) is 17.0. The van der Waals surface area contributed by atoms with E-state index in [9.17, 15) is 13.2 Å². The van der Waals surface area contributed by atoms with Crippen molar-refractivity contribution in [3.63, 3.8) is 0 Å². The molecule has 1 aliphatic heterocycles. The lowest BCUT2D eigenvalue weighted by Gasteiger charge is -2.36. The van der Waals surface area contributed by atoms with E-state index in [-0.39, 0.29) is 29.8 Å². The molecule has 7 nitrogen and oxygen atoms in total. The van der Waals surface area contributed by atoms with E-state index in [1.165, 1.54) is 12.1 Å². The van der Waals surface area contributed by atoms with Gasteiger partial charge in [0.2, 0.25) is 15.9 Å². The summed E-state index contributed by atoms with van der Waals surface area (Å²) in [6, 6.07) is 10.3. The van der Waals surface area contributed by atoms with Crippen molar-refractivity contribution in [3.8, 4) is 5.75 Å². The third-order valence-corrected chi connectivity index (χ3v) is 6.70. The molecular formula is C21H29N3O4S. The van der Waals surface area contributed by atoms with Crippen molar-refractivity contribution in [2.45, 2.75) is 43.5 Å². The number of hydrogen-bond acceptors (Lipinski definition) is 4. The predicted octanol–water partition coefficient (Wildman–Crippen LogP) is 2.85. The van der Waals surface area contributed by atoms with E-state index < -0.39 is 10.0 Å². The first-order valence-electron chi connectivity index (χ1n) is 10.1. The van der Waals surface area contributed by atoms with Crippen LogP contribution in [-0.2, 0) is 21.9 Å². The Balaban J connectivity index is 1.58. The molecule has 1 amide bonds. The van der Waals surface area contributed by atoms with Gasteiger partial charge in [-0.25, -0.2) is 13.1 Å². The molecule has 1 saturated heterocycles. The van der Waals surface area contributed by atoms with E-state index in [2.05, 4.69) is 4.72 Å². The van der Waals surface area contributed by atoms with E-state index in [4.69, 9.17) is 4.74 Å². The molecule has 0 radical (unpaired) electrons. The van der Waals surface area contributed by atoms with Crippen LogP contribution in [0.5, 0.6) is 5.75 Å². The van der Waals surface area contributed by atoms with E-state index >= 15 is 0 Å². The number of nitrogens with one attached hydrogen (secondary N) is 1. The first kappa shape index (κ1) is 21.4. The fraction of sp³-hybridized carbons (Fsp3) is 0.476. The van der Waals surface area contributed by atoms with Crippen LogP contribution in [0.2, 0.25) is 0 Å². The van der Waals surface area contributed by atoms with Crippen molar-refractivity contribution in [2.75, 3.05) is 19.7 Å². The molecule has 29 heavy (non-hydrogen) atoms. The molecule has 0 bridgehead atoms. The van der Waals surface area contributed by atoms with Crippen LogP contribution in [0.4, 0.5) is 0 Å². The zero-order valence-corrected chi connectivity index (χ0v) is 17.8. The fourth-order valence-electron chi connectivity index (χ4n) is 3.76. The number of nitrogens with zero attached hydrogens (tertiary/aromatic N) is 2. The molecule has 1 fully saturated rings. The van der Waals surface area contributed by atoms with Crippen LogP contribution in [0.15, 0.2) is 47.5 Å². The summed E-state index contributed by atoms with van der Waals surface area (Å²) in [7, 11) is -1.68. The molecule has 2 heterocycles. The SMILES string of the molecule is CCOc1ccc(S(=O)(=O)NCCC(=O)N2CCCCC2c2cccn2C)cc1. The van der Waals surface area contributed by atoms with Gasteiger partial charge < -0.3 is 14.2 Å². The van der Waals surface area contributed by atoms with Crippen LogP contribution < -0.4 is 9.46 Å². The number of sulfonamides is 1. The van der Waals surface area contributed by atoms with Gasteiger partial charge in [-0.2, -0.15) is 0 Å². The van der Waals surface area contributed by atoms with Gasteiger partial charge in [-0.1, -0.05) is 0 Å². The number of carbonyl (C=O) groups excluding carboxylic acids is 1. The first-order chi connectivity index (χ1) is 13.9. The third kappa shape index (κ3) is 5.19. The molecule has 1 atom stereocenters. The molecule has 8 heteroatoms. The molecule has 0 saturated carbocycles. The van der Waals surface area contributed by atoms with Crippen molar-refractivity contribution < 1.29 is 17.9 Å². The maximum Gasteiger partial charge on any atom is 0.240 e. The Labute approximate surface area is 172 Å². The molecule has 1 aromatic heterocycles. The van der Waals surface area contributed by atoms with Gasteiger partial charge in [0.15, 0.2) is 0 Å². The van der Waals surface area contributed by atoms with Crippen molar-refractivity contribution in [1.29, 1.82) is 0 Å². The second-order valence-electron chi connectivity index (χ2n) is 7.19. The molecule has 1 aliphatic rings. The maximum absolute atomic E-state index is 12.8. The minimum absolute atomic E-state index is 0.0229. The molecule has 1 aromatic carbocycles. The average molecular weight is 420 g/mol. The summed E-state index contributed by atoms with van der Waals surface area (Å²) in [5.41, 5.74) is 1.12. The fourth-order valence-corrected chi connectivity index (χ4v) is 4.79. The van der Waals surface area contributed by atoms with E-state index in [0.29, 0.717) is 18.9 Å². The number of rotatable bonds is 8. The van der Waals surface area contributed by atoms with Crippen LogP contribution in [0.1, 0.15) is 44.3 Å². The number of benzene rings is 1. The molecule has 1 N–H and O–H groups in total. The van der Waals surface area contributed by atoms with Gasteiger partial charge >= 0.3 is 0 Å². The number of aromatic nitrogens is 1. The highest BCUT2D eigenvalue weighted by molar-refractivity contribution is 7.89. The number of carbonyl (C=O) groups is 1. The number of ether oxygens (including phenoxy) is 1. The van der Waals surface area contributed by atoms with Crippen LogP contribution >= 0.6 is 0 Å². The monoisotopic (exact) mass is 419 g/mol. The van der Waals surface area contributed by atoms with Gasteiger partial charge in [-0.05, 0) is 62.6 Å². The van der Waals surface area contributed by atoms with E-state index in [1.807, 2.05) is 41.8 Å². The smallest absolute Gasteiger partial charge is 0.240 e. The number of likely N-dealkylation sites (tertiary alicyclic amines) is 1. The summed E-state index contributed by atoms with van der Waals surface area (Å²) in [5, 5.41) is 0. The van der Waals surface area contributed by atoms with Gasteiger partial charge in [-0.3, -0.25) is 4.79 Å². The lowest BCUT2D eigenvalue weighted by molar-refractivity contribution is -0.135. The van der Waals surface area contributed by atoms with Crippen molar-refractivity contribution in [3.05, 3.63) is 48.3 Å². The quantitative estimate of drug-likeness (QED) is 0.713. The van der Waals surface area contributed by atoms with E-state index in [1.54, 1.807) is 12.1 Å². The summed E-state index contributed by atoms with van der Waals surface area (Å²) in [6.45, 7) is 3.17. The normalized spacial score (nSPS) is 17.3. The highest BCUT2D eigenvalue weighted by Crippen LogP contribution is 2.31. The van der Waals surface area contributed by atoms with Gasteiger partial charge in [-0.15, -0.1) is 0 Å². The van der Waals surface area contributed by atoms with E-state index in [0.717, 1.165) is 25.0 Å². The van der Waals surface area contributed by atoms with Crippen LogP contribution in [-0.4, -0.2) is 43.5 Å². The largest absolute Gasteiger partial charge is 0.494 e. The molecule has 0 spiro atoms. The van der Waals surface area contributed by atoms with Gasteiger partial charge in [0, 0.05) is 38.4 Å². The standard InChI is InChI=1S/C21H29N3O4S/c1-3-28-17-9-11-18(12-10-17)29(26,27)22-14-13-21(25)24-16-5-4-7-20(24)19-8-6-15-23(19)2/h6,8-12,15,20,22H,3-5,7,13-14,16H2,1-2H3. The lowest BCUT2D eigenvalue weighted by Crippen LogP contribution is -2.40. The molecular weight excluding hydrogens is 390 g/mol. The molecule has 1 unspecified atom stereocenters. The Morgan fingerprint density at radius 3 is 2.62 bits per heavy atom. The van der Waals surface area contributed by atoms with Gasteiger partial charge in [0.1, 0.15) is 5.75 Å². The number of hydrogen-bond donors (Lipinski definition) is 1. The molecule has 3 rings (SSSR count). The lowest BCUT2D eigenvalue weighted by atomic mass is 9.99. The van der Waals surface area contributed by atoms with Gasteiger partial charge in [0.05, 0.1) is 17.5 Å².